The second-order valence-electron chi connectivity index (χ2n) is 1.70. The van der Waals surface area contributed by atoms with Gasteiger partial charge in [-0.05, 0) is 13.3 Å². The highest BCUT2D eigenvalue weighted by Crippen LogP contribution is 2.01. The van der Waals surface area contributed by atoms with E-state index in [-0.39, 0.29) is 5.90 Å². The second kappa shape index (κ2) is 4.13. The number of methoxy groups -OCH3 is 1. The molecule has 0 amide bonds. The van der Waals surface area contributed by atoms with E-state index in [2.05, 4.69) is 0 Å². The van der Waals surface area contributed by atoms with Crippen molar-refractivity contribution in [3.63, 3.8) is 0 Å². The molecule has 0 radical (unpaired) electrons. The highest BCUT2D eigenvalue weighted by atomic mass is 16.5. The van der Waals surface area contributed by atoms with Gasteiger partial charge in [-0.1, -0.05) is 13.0 Å². The quantitative estimate of drug-likeness (QED) is 0.446. The molecule has 0 aromatic carbocycles. The van der Waals surface area contributed by atoms with Crippen molar-refractivity contribution in [2.75, 3.05) is 7.11 Å². The monoisotopic (exact) mass is 127 g/mol. The maximum Gasteiger partial charge on any atom is 0.208 e. The summed E-state index contributed by atoms with van der Waals surface area (Å²) < 4.78 is 4.71. The summed E-state index contributed by atoms with van der Waals surface area (Å²) in [7, 11) is 1.52. The van der Waals surface area contributed by atoms with Gasteiger partial charge in [0.15, 0.2) is 0 Å². The molecule has 1 N–H and O–H groups in total. The molecule has 0 rings (SSSR count). The number of rotatable bonds is 2. The van der Waals surface area contributed by atoms with Gasteiger partial charge in [-0.2, -0.15) is 0 Å². The molecule has 0 heterocycles. The lowest BCUT2D eigenvalue weighted by Gasteiger charge is -2.02. The van der Waals surface area contributed by atoms with Crippen molar-refractivity contribution >= 4 is 5.90 Å². The molecule has 0 bridgehead atoms. The Morgan fingerprint density at radius 2 is 2.22 bits per heavy atom. The van der Waals surface area contributed by atoms with Gasteiger partial charge >= 0.3 is 0 Å². The van der Waals surface area contributed by atoms with Crippen molar-refractivity contribution in [1.82, 2.24) is 0 Å². The fourth-order valence-corrected chi connectivity index (χ4v) is 0.627. The Morgan fingerprint density at radius 3 is 2.33 bits per heavy atom. The van der Waals surface area contributed by atoms with Crippen LogP contribution in [0, 0.1) is 5.41 Å². The summed E-state index contributed by atoms with van der Waals surface area (Å²) in [5.74, 6) is 0.278. The maximum atomic E-state index is 7.20. The molecule has 0 unspecified atom stereocenters. The zero-order valence-electron chi connectivity index (χ0n) is 6.19. The molecular weight excluding hydrogens is 114 g/mol. The highest BCUT2D eigenvalue weighted by molar-refractivity contribution is 5.90. The van der Waals surface area contributed by atoms with Gasteiger partial charge < -0.3 is 4.74 Å². The van der Waals surface area contributed by atoms with Gasteiger partial charge in [-0.25, -0.2) is 0 Å². The smallest absolute Gasteiger partial charge is 0.208 e. The lowest BCUT2D eigenvalue weighted by atomic mass is 10.2. The SMILES string of the molecule is C/C=C(/CC)C(=N)OC. The van der Waals surface area contributed by atoms with E-state index in [1.54, 1.807) is 0 Å². The molecular formula is C7H13NO. The Balaban J connectivity index is 3.97. The minimum absolute atomic E-state index is 0.278. The number of hydrogen-bond acceptors (Lipinski definition) is 2. The lowest BCUT2D eigenvalue weighted by Crippen LogP contribution is -2.01. The largest absolute Gasteiger partial charge is 0.481 e. The molecule has 0 aliphatic heterocycles. The van der Waals surface area contributed by atoms with Crippen LogP contribution in [0.2, 0.25) is 0 Å². The van der Waals surface area contributed by atoms with Crippen LogP contribution in [-0.2, 0) is 4.74 Å². The Kier molecular flexibility index (Phi) is 3.76. The third kappa shape index (κ3) is 2.31. The van der Waals surface area contributed by atoms with Crippen LogP contribution in [0.3, 0.4) is 0 Å². The van der Waals surface area contributed by atoms with Crippen LogP contribution >= 0.6 is 0 Å². The Labute approximate surface area is 56.0 Å². The molecule has 0 saturated heterocycles. The minimum atomic E-state index is 0.278. The Bertz CT molecular complexity index is 127. The molecule has 0 atom stereocenters. The van der Waals surface area contributed by atoms with E-state index in [0.717, 1.165) is 12.0 Å². The highest BCUT2D eigenvalue weighted by Gasteiger charge is 1.98. The van der Waals surface area contributed by atoms with Crippen molar-refractivity contribution in [3.05, 3.63) is 11.6 Å². The van der Waals surface area contributed by atoms with Gasteiger partial charge in [0, 0.05) is 5.57 Å². The first-order valence-corrected chi connectivity index (χ1v) is 3.04. The average molecular weight is 127 g/mol. The maximum absolute atomic E-state index is 7.20. The molecule has 0 spiro atoms. The topological polar surface area (TPSA) is 33.1 Å². The first kappa shape index (κ1) is 8.21. The summed E-state index contributed by atoms with van der Waals surface area (Å²) in [6.07, 6.45) is 2.76. The van der Waals surface area contributed by atoms with Gasteiger partial charge in [0.1, 0.15) is 0 Å². The summed E-state index contributed by atoms with van der Waals surface area (Å²) in [5.41, 5.74) is 0.956. The summed E-state index contributed by atoms with van der Waals surface area (Å²) >= 11 is 0. The van der Waals surface area contributed by atoms with Gasteiger partial charge in [0.05, 0.1) is 7.11 Å². The fraction of sp³-hybridized carbons (Fsp3) is 0.571. The molecule has 0 aliphatic rings. The van der Waals surface area contributed by atoms with E-state index < -0.39 is 0 Å². The van der Waals surface area contributed by atoms with E-state index in [4.69, 9.17) is 10.1 Å². The molecule has 0 saturated carbocycles. The Hall–Kier alpha value is -0.790. The van der Waals surface area contributed by atoms with E-state index >= 15 is 0 Å². The predicted octanol–water partition coefficient (Wildman–Crippen LogP) is 1.97. The molecule has 2 nitrogen and oxygen atoms in total. The molecule has 52 valence electrons. The van der Waals surface area contributed by atoms with Crippen molar-refractivity contribution in [1.29, 1.82) is 5.41 Å². The predicted molar refractivity (Wildman–Crippen MR) is 38.8 cm³/mol. The molecule has 9 heavy (non-hydrogen) atoms. The van der Waals surface area contributed by atoms with Gasteiger partial charge in [-0.3, -0.25) is 5.41 Å². The van der Waals surface area contributed by atoms with E-state index in [9.17, 15) is 0 Å². The molecule has 0 fully saturated rings. The fourth-order valence-electron chi connectivity index (χ4n) is 0.627. The summed E-state index contributed by atoms with van der Waals surface area (Å²) in [5, 5.41) is 7.20. The first-order chi connectivity index (χ1) is 4.26. The average Bonchev–Trinajstić information content (AvgIpc) is 1.90. The summed E-state index contributed by atoms with van der Waals surface area (Å²) in [6, 6.07) is 0. The van der Waals surface area contributed by atoms with E-state index in [1.165, 1.54) is 7.11 Å². The normalized spacial score (nSPS) is 11.2. The molecule has 0 aromatic rings. The van der Waals surface area contributed by atoms with Gasteiger partial charge in [-0.15, -0.1) is 0 Å². The third-order valence-corrected chi connectivity index (χ3v) is 1.23. The number of allylic oxidation sites excluding steroid dienone is 1. The van der Waals surface area contributed by atoms with Crippen LogP contribution in [0.15, 0.2) is 11.6 Å². The van der Waals surface area contributed by atoms with Crippen LogP contribution in [-0.4, -0.2) is 13.0 Å². The standard InChI is InChI=1S/C7H13NO/c1-4-6(5-2)7(8)9-3/h4,8H,5H2,1-3H3/b6-4-,8-7?. The van der Waals surface area contributed by atoms with Crippen molar-refractivity contribution in [3.8, 4) is 0 Å². The van der Waals surface area contributed by atoms with Crippen LogP contribution in [0.1, 0.15) is 20.3 Å². The lowest BCUT2D eigenvalue weighted by molar-refractivity contribution is 0.398. The van der Waals surface area contributed by atoms with Crippen LogP contribution in [0.5, 0.6) is 0 Å². The summed E-state index contributed by atoms with van der Waals surface area (Å²) in [6.45, 7) is 3.91. The zero-order chi connectivity index (χ0) is 7.28. The second-order valence-corrected chi connectivity index (χ2v) is 1.70. The Morgan fingerprint density at radius 1 is 1.67 bits per heavy atom. The zero-order valence-corrected chi connectivity index (χ0v) is 6.19. The van der Waals surface area contributed by atoms with Crippen molar-refractivity contribution < 1.29 is 4.74 Å². The van der Waals surface area contributed by atoms with Crippen molar-refractivity contribution in [2.45, 2.75) is 20.3 Å². The van der Waals surface area contributed by atoms with Crippen LogP contribution < -0.4 is 0 Å². The first-order valence-electron chi connectivity index (χ1n) is 3.04. The minimum Gasteiger partial charge on any atom is -0.481 e. The number of nitrogens with one attached hydrogen (secondary N) is 1. The van der Waals surface area contributed by atoms with Crippen LogP contribution in [0.4, 0.5) is 0 Å². The third-order valence-electron chi connectivity index (χ3n) is 1.23. The van der Waals surface area contributed by atoms with Gasteiger partial charge in [0.25, 0.3) is 0 Å². The number of ether oxygens (including phenoxy) is 1. The molecule has 0 aliphatic carbocycles. The summed E-state index contributed by atoms with van der Waals surface area (Å²) in [4.78, 5) is 0. The van der Waals surface area contributed by atoms with E-state index in [1.807, 2.05) is 19.9 Å². The van der Waals surface area contributed by atoms with Crippen molar-refractivity contribution in [2.24, 2.45) is 0 Å². The molecule has 2 heteroatoms. The van der Waals surface area contributed by atoms with Crippen LogP contribution in [0.25, 0.3) is 0 Å². The van der Waals surface area contributed by atoms with Gasteiger partial charge in [0.2, 0.25) is 5.90 Å². The molecule has 0 aromatic heterocycles. The van der Waals surface area contributed by atoms with E-state index in [0.29, 0.717) is 0 Å². The number of hydrogen-bond donors (Lipinski definition) is 1.